The van der Waals surface area contributed by atoms with Crippen LogP contribution in [0.1, 0.15) is 77.3 Å². The third-order valence-corrected chi connectivity index (χ3v) is 9.58. The molecule has 2 heterocycles. The van der Waals surface area contributed by atoms with Gasteiger partial charge in [0, 0.05) is 23.4 Å². The summed E-state index contributed by atoms with van der Waals surface area (Å²) in [6.07, 6.45) is 8.10. The number of phenolic OH excluding ortho intramolecular Hbond substituents is 1. The predicted octanol–water partition coefficient (Wildman–Crippen LogP) is 4.43. The fraction of sp³-hybridized carbons (Fsp3) is 0.571. The Morgan fingerprint density at radius 2 is 1.97 bits per heavy atom. The summed E-state index contributed by atoms with van der Waals surface area (Å²) >= 11 is 1.48. The number of benzene rings is 1. The Balaban J connectivity index is 1.42. The second kappa shape index (κ2) is 10.6. The summed E-state index contributed by atoms with van der Waals surface area (Å²) in [4.78, 5) is 29.3. The summed E-state index contributed by atoms with van der Waals surface area (Å²) in [7, 11) is 2.89. The van der Waals surface area contributed by atoms with Gasteiger partial charge < -0.3 is 25.0 Å². The number of rotatable bonds is 6. The molecule has 37 heavy (non-hydrogen) atoms. The molecule has 1 saturated carbocycles. The normalized spacial score (nSPS) is 25.6. The number of nitrogens with zero attached hydrogens (tertiary/aromatic N) is 1. The van der Waals surface area contributed by atoms with E-state index in [0.717, 1.165) is 67.4 Å². The van der Waals surface area contributed by atoms with Crippen LogP contribution >= 0.6 is 11.3 Å². The van der Waals surface area contributed by atoms with Crippen LogP contribution in [-0.4, -0.2) is 59.9 Å². The summed E-state index contributed by atoms with van der Waals surface area (Å²) in [6.45, 7) is 0.697. The van der Waals surface area contributed by atoms with Crippen LogP contribution in [0.2, 0.25) is 0 Å². The minimum absolute atomic E-state index is 0.0308. The number of hydrogen-bond donors (Lipinski definition) is 3. The van der Waals surface area contributed by atoms with Crippen molar-refractivity contribution < 1.29 is 29.3 Å². The lowest BCUT2D eigenvalue weighted by atomic mass is 9.66. The number of amides is 1. The van der Waals surface area contributed by atoms with E-state index >= 15 is 0 Å². The number of esters is 1. The van der Waals surface area contributed by atoms with E-state index in [9.17, 15) is 19.8 Å². The maximum absolute atomic E-state index is 13.4. The van der Waals surface area contributed by atoms with Crippen LogP contribution in [0.15, 0.2) is 18.2 Å². The molecule has 9 heteroatoms. The third kappa shape index (κ3) is 4.96. The fourth-order valence-electron chi connectivity index (χ4n) is 6.56. The number of aromatic hydroxyl groups is 1. The Kier molecular flexibility index (Phi) is 7.47. The van der Waals surface area contributed by atoms with E-state index in [2.05, 4.69) is 10.2 Å². The number of methoxy groups -OCH3 is 2. The molecule has 2 aliphatic carbocycles. The second-order valence-electron chi connectivity index (χ2n) is 10.5. The Labute approximate surface area is 221 Å². The average Bonchev–Trinajstić information content (AvgIpc) is 3.26. The highest BCUT2D eigenvalue weighted by atomic mass is 32.1. The van der Waals surface area contributed by atoms with Gasteiger partial charge in [0.2, 0.25) is 5.91 Å². The number of aliphatic hydroxyl groups is 1. The molecule has 2 aromatic rings. The number of piperidine rings is 1. The van der Waals surface area contributed by atoms with Crippen molar-refractivity contribution in [2.45, 2.75) is 69.4 Å². The molecule has 0 radical (unpaired) electrons. The molecule has 1 amide bonds. The van der Waals surface area contributed by atoms with Gasteiger partial charge in [-0.2, -0.15) is 0 Å². The van der Waals surface area contributed by atoms with E-state index < -0.39 is 11.6 Å². The topological polar surface area (TPSA) is 108 Å². The number of thiophene rings is 1. The van der Waals surface area contributed by atoms with Gasteiger partial charge in [0.25, 0.3) is 0 Å². The summed E-state index contributed by atoms with van der Waals surface area (Å²) < 4.78 is 10.4. The second-order valence-corrected chi connectivity index (χ2v) is 11.6. The number of anilines is 1. The summed E-state index contributed by atoms with van der Waals surface area (Å²) in [5.74, 6) is -0.201. The molecule has 1 aliphatic heterocycles. The van der Waals surface area contributed by atoms with Crippen molar-refractivity contribution in [3.8, 4) is 11.5 Å². The SMILES string of the molecule is COC(=O)c1c(NC(=O)CN2CC[C@@]3(O)CCCC[C@@H]3[C@@H]2c2ccc(O)c(OC)c2)sc2c1CCCC2. The summed E-state index contributed by atoms with van der Waals surface area (Å²) in [5.41, 5.74) is 1.65. The van der Waals surface area contributed by atoms with Crippen molar-refractivity contribution >= 4 is 28.2 Å². The van der Waals surface area contributed by atoms with Crippen LogP contribution in [0.5, 0.6) is 11.5 Å². The number of phenols is 1. The van der Waals surface area contributed by atoms with Crippen LogP contribution in [0.3, 0.4) is 0 Å². The first-order chi connectivity index (χ1) is 17.8. The molecule has 200 valence electrons. The Bertz CT molecular complexity index is 1180. The van der Waals surface area contributed by atoms with Gasteiger partial charge in [-0.25, -0.2) is 4.79 Å². The van der Waals surface area contributed by atoms with Crippen molar-refractivity contribution in [1.82, 2.24) is 4.90 Å². The first kappa shape index (κ1) is 26.0. The van der Waals surface area contributed by atoms with Crippen LogP contribution in [-0.2, 0) is 22.4 Å². The molecule has 0 spiro atoms. The Morgan fingerprint density at radius 3 is 2.76 bits per heavy atom. The Morgan fingerprint density at radius 1 is 1.16 bits per heavy atom. The molecule has 1 saturated heterocycles. The molecule has 8 nitrogen and oxygen atoms in total. The number of hydrogen-bond acceptors (Lipinski definition) is 8. The number of ether oxygens (including phenoxy) is 2. The lowest BCUT2D eigenvalue weighted by Crippen LogP contribution is -2.56. The number of fused-ring (bicyclic) bond motifs is 2. The van der Waals surface area contributed by atoms with Crippen LogP contribution < -0.4 is 10.1 Å². The molecular weight excluding hydrogens is 492 g/mol. The highest BCUT2D eigenvalue weighted by Gasteiger charge is 2.49. The van der Waals surface area contributed by atoms with Crippen molar-refractivity contribution in [3.05, 3.63) is 39.8 Å². The van der Waals surface area contributed by atoms with E-state index in [1.165, 1.54) is 25.6 Å². The summed E-state index contributed by atoms with van der Waals surface area (Å²) in [5, 5.41) is 25.3. The van der Waals surface area contributed by atoms with Crippen LogP contribution in [0.4, 0.5) is 5.00 Å². The first-order valence-electron chi connectivity index (χ1n) is 13.2. The minimum Gasteiger partial charge on any atom is -0.504 e. The molecule has 3 N–H and O–H groups in total. The average molecular weight is 529 g/mol. The van der Waals surface area contributed by atoms with Crippen molar-refractivity contribution in [2.75, 3.05) is 32.6 Å². The highest BCUT2D eigenvalue weighted by molar-refractivity contribution is 7.17. The molecule has 1 aromatic heterocycles. The number of carbonyl (C=O) groups is 2. The van der Waals surface area contributed by atoms with E-state index in [1.807, 2.05) is 12.1 Å². The Hall–Kier alpha value is -2.62. The molecule has 3 atom stereocenters. The molecule has 5 rings (SSSR count). The van der Waals surface area contributed by atoms with Gasteiger partial charge in [0.05, 0.1) is 31.9 Å². The van der Waals surface area contributed by atoms with Gasteiger partial charge in [-0.1, -0.05) is 18.9 Å². The maximum Gasteiger partial charge on any atom is 0.341 e. The summed E-state index contributed by atoms with van der Waals surface area (Å²) in [6, 6.07) is 5.09. The monoisotopic (exact) mass is 528 g/mol. The first-order valence-corrected chi connectivity index (χ1v) is 14.0. The van der Waals surface area contributed by atoms with E-state index in [-0.39, 0.29) is 30.2 Å². The van der Waals surface area contributed by atoms with Crippen molar-refractivity contribution in [1.29, 1.82) is 0 Å². The van der Waals surface area contributed by atoms with Crippen LogP contribution in [0, 0.1) is 5.92 Å². The minimum atomic E-state index is -0.772. The van der Waals surface area contributed by atoms with Crippen LogP contribution in [0.25, 0.3) is 0 Å². The molecule has 0 unspecified atom stereocenters. The quantitative estimate of drug-likeness (QED) is 0.476. The number of aryl methyl sites for hydroxylation is 1. The predicted molar refractivity (Wildman–Crippen MR) is 141 cm³/mol. The highest BCUT2D eigenvalue weighted by Crippen LogP contribution is 2.50. The molecule has 2 fully saturated rings. The number of carbonyl (C=O) groups excluding carboxylic acids is 2. The zero-order valence-corrected chi connectivity index (χ0v) is 22.4. The largest absolute Gasteiger partial charge is 0.504 e. The lowest BCUT2D eigenvalue weighted by Gasteiger charge is -2.52. The molecule has 3 aliphatic rings. The fourth-order valence-corrected chi connectivity index (χ4v) is 7.86. The zero-order valence-electron chi connectivity index (χ0n) is 21.5. The van der Waals surface area contributed by atoms with Crippen molar-refractivity contribution in [3.63, 3.8) is 0 Å². The molecule has 1 aromatic carbocycles. The number of likely N-dealkylation sites (tertiary alicyclic amines) is 1. The molecule has 0 bridgehead atoms. The van der Waals surface area contributed by atoms with E-state index in [4.69, 9.17) is 9.47 Å². The van der Waals surface area contributed by atoms with Gasteiger partial charge in [0.15, 0.2) is 11.5 Å². The maximum atomic E-state index is 13.4. The molecular formula is C28H36N2O6S. The van der Waals surface area contributed by atoms with E-state index in [0.29, 0.717) is 29.3 Å². The number of nitrogens with one attached hydrogen (secondary N) is 1. The zero-order chi connectivity index (χ0) is 26.2. The smallest absolute Gasteiger partial charge is 0.341 e. The lowest BCUT2D eigenvalue weighted by molar-refractivity contribution is -0.135. The van der Waals surface area contributed by atoms with Gasteiger partial charge in [-0.3, -0.25) is 9.69 Å². The van der Waals surface area contributed by atoms with Gasteiger partial charge in [0.1, 0.15) is 5.00 Å². The third-order valence-electron chi connectivity index (χ3n) is 8.38. The van der Waals surface area contributed by atoms with Gasteiger partial charge in [-0.05, 0) is 68.2 Å². The van der Waals surface area contributed by atoms with Gasteiger partial charge >= 0.3 is 5.97 Å². The van der Waals surface area contributed by atoms with Crippen molar-refractivity contribution in [2.24, 2.45) is 5.92 Å². The standard InChI is InChI=1S/C28H36N2O6S/c1-35-21-15-17(10-11-20(21)31)25-19-8-5-6-12-28(19,34)13-14-30(25)16-23(32)29-26-24(27(33)36-2)18-7-3-4-9-22(18)37-26/h10-11,15,19,25,31,34H,3-9,12-14,16H2,1-2H3,(H,29,32)/t19-,25+,28+/m1/s1. The van der Waals surface area contributed by atoms with Gasteiger partial charge in [-0.15, -0.1) is 11.3 Å². The van der Waals surface area contributed by atoms with E-state index in [1.54, 1.807) is 6.07 Å².